The molecule has 78 valence electrons. The summed E-state index contributed by atoms with van der Waals surface area (Å²) in [5.74, 6) is 1.01. The third kappa shape index (κ3) is 2.57. The molecule has 0 aliphatic carbocycles. The van der Waals surface area contributed by atoms with Crippen LogP contribution in [0.4, 0.5) is 0 Å². The highest BCUT2D eigenvalue weighted by molar-refractivity contribution is 4.98. The fourth-order valence-corrected chi connectivity index (χ4v) is 1.58. The number of hydrogen-bond donors (Lipinski definition) is 2. The van der Waals surface area contributed by atoms with Crippen LogP contribution in [0.2, 0.25) is 0 Å². The Kier molecular flexibility index (Phi) is 3.18. The summed E-state index contributed by atoms with van der Waals surface area (Å²) in [6.45, 7) is 3.37. The van der Waals surface area contributed by atoms with E-state index in [4.69, 9.17) is 9.52 Å². The van der Waals surface area contributed by atoms with Crippen LogP contribution in [-0.4, -0.2) is 42.4 Å². The third-order valence-electron chi connectivity index (χ3n) is 2.40. The summed E-state index contributed by atoms with van der Waals surface area (Å²) < 4.78 is 5.20. The highest BCUT2D eigenvalue weighted by atomic mass is 16.3. The number of nitrogens with one attached hydrogen (secondary N) is 1. The van der Waals surface area contributed by atoms with Crippen molar-refractivity contribution in [1.29, 1.82) is 0 Å². The zero-order valence-corrected chi connectivity index (χ0v) is 8.15. The van der Waals surface area contributed by atoms with Gasteiger partial charge in [0.15, 0.2) is 0 Å². The van der Waals surface area contributed by atoms with Crippen LogP contribution in [0.25, 0.3) is 0 Å². The molecular formula is C10H16N2O2. The molecule has 4 heteroatoms. The van der Waals surface area contributed by atoms with Gasteiger partial charge in [-0.1, -0.05) is 0 Å². The van der Waals surface area contributed by atoms with Gasteiger partial charge in [-0.2, -0.15) is 0 Å². The molecule has 1 aromatic heterocycles. The SMILES string of the molecule is OC1CN(CNCCc2ccco2)C1. The molecule has 1 aliphatic rings. The van der Waals surface area contributed by atoms with Crippen molar-refractivity contribution in [3.8, 4) is 0 Å². The Morgan fingerprint density at radius 2 is 2.43 bits per heavy atom. The van der Waals surface area contributed by atoms with E-state index in [-0.39, 0.29) is 6.10 Å². The fourth-order valence-electron chi connectivity index (χ4n) is 1.58. The van der Waals surface area contributed by atoms with E-state index >= 15 is 0 Å². The number of likely N-dealkylation sites (tertiary alicyclic amines) is 1. The maximum Gasteiger partial charge on any atom is 0.105 e. The van der Waals surface area contributed by atoms with Crippen molar-refractivity contribution in [3.63, 3.8) is 0 Å². The lowest BCUT2D eigenvalue weighted by Crippen LogP contribution is -2.53. The van der Waals surface area contributed by atoms with E-state index in [9.17, 15) is 0 Å². The standard InChI is InChI=1S/C10H16N2O2/c13-9-6-12(7-9)8-11-4-3-10-2-1-5-14-10/h1-2,5,9,11,13H,3-4,6-8H2. The summed E-state index contributed by atoms with van der Waals surface area (Å²) in [7, 11) is 0. The first kappa shape index (κ1) is 9.71. The van der Waals surface area contributed by atoms with E-state index in [0.717, 1.165) is 38.5 Å². The number of nitrogens with zero attached hydrogens (tertiary/aromatic N) is 1. The maximum absolute atomic E-state index is 9.04. The number of rotatable bonds is 5. The number of aliphatic hydroxyl groups excluding tert-OH is 1. The van der Waals surface area contributed by atoms with Gasteiger partial charge in [-0.25, -0.2) is 0 Å². The molecule has 0 unspecified atom stereocenters. The monoisotopic (exact) mass is 196 g/mol. The molecule has 2 heterocycles. The lowest BCUT2D eigenvalue weighted by atomic mass is 10.2. The van der Waals surface area contributed by atoms with Gasteiger partial charge in [0.2, 0.25) is 0 Å². The van der Waals surface area contributed by atoms with E-state index in [0.29, 0.717) is 0 Å². The van der Waals surface area contributed by atoms with Crippen LogP contribution in [-0.2, 0) is 6.42 Å². The number of β-amino-alcohol motifs (C(OH)–C–C–N with tert-alkyl or cyclic N) is 1. The average Bonchev–Trinajstić information content (AvgIpc) is 2.61. The van der Waals surface area contributed by atoms with Gasteiger partial charge < -0.3 is 14.8 Å². The van der Waals surface area contributed by atoms with Gasteiger partial charge in [0.05, 0.1) is 12.4 Å². The van der Waals surface area contributed by atoms with E-state index in [1.165, 1.54) is 0 Å². The largest absolute Gasteiger partial charge is 0.469 e. The number of furan rings is 1. The molecule has 4 nitrogen and oxygen atoms in total. The van der Waals surface area contributed by atoms with Crippen molar-refractivity contribution in [2.45, 2.75) is 12.5 Å². The van der Waals surface area contributed by atoms with E-state index in [1.807, 2.05) is 12.1 Å². The molecular weight excluding hydrogens is 180 g/mol. The Labute approximate surface area is 83.5 Å². The Morgan fingerprint density at radius 3 is 3.07 bits per heavy atom. The molecule has 0 saturated carbocycles. The van der Waals surface area contributed by atoms with Crippen LogP contribution in [0.15, 0.2) is 22.8 Å². The Hall–Kier alpha value is -0.840. The third-order valence-corrected chi connectivity index (χ3v) is 2.40. The van der Waals surface area contributed by atoms with Crippen LogP contribution in [0.1, 0.15) is 5.76 Å². The summed E-state index contributed by atoms with van der Waals surface area (Å²) in [5, 5.41) is 12.3. The zero-order chi connectivity index (χ0) is 9.80. The second kappa shape index (κ2) is 4.59. The van der Waals surface area contributed by atoms with Crippen LogP contribution in [0, 0.1) is 0 Å². The minimum Gasteiger partial charge on any atom is -0.469 e. The van der Waals surface area contributed by atoms with E-state index in [1.54, 1.807) is 6.26 Å². The number of aliphatic hydroxyl groups is 1. The second-order valence-electron chi connectivity index (χ2n) is 3.68. The first-order chi connectivity index (χ1) is 6.84. The molecule has 1 aliphatic heterocycles. The predicted molar refractivity (Wildman–Crippen MR) is 52.9 cm³/mol. The van der Waals surface area contributed by atoms with Gasteiger partial charge >= 0.3 is 0 Å². The van der Waals surface area contributed by atoms with Gasteiger partial charge in [0, 0.05) is 32.7 Å². The molecule has 14 heavy (non-hydrogen) atoms. The minimum absolute atomic E-state index is 0.109. The molecule has 1 aromatic rings. The molecule has 0 aromatic carbocycles. The first-order valence-corrected chi connectivity index (χ1v) is 4.98. The van der Waals surface area contributed by atoms with Crippen molar-refractivity contribution >= 4 is 0 Å². The summed E-state index contributed by atoms with van der Waals surface area (Å²) in [6.07, 6.45) is 2.51. The molecule has 0 atom stereocenters. The molecule has 2 rings (SSSR count). The van der Waals surface area contributed by atoms with Crippen molar-refractivity contribution in [3.05, 3.63) is 24.2 Å². The molecule has 2 N–H and O–H groups in total. The molecule has 0 amide bonds. The van der Waals surface area contributed by atoms with Gasteiger partial charge in [-0.05, 0) is 12.1 Å². The lowest BCUT2D eigenvalue weighted by molar-refractivity contribution is -0.00222. The van der Waals surface area contributed by atoms with Crippen LogP contribution in [0.3, 0.4) is 0 Å². The maximum atomic E-state index is 9.04. The van der Waals surface area contributed by atoms with Crippen molar-refractivity contribution in [2.75, 3.05) is 26.3 Å². The molecule has 1 fully saturated rings. The Bertz CT molecular complexity index is 255. The van der Waals surface area contributed by atoms with Crippen LogP contribution in [0.5, 0.6) is 0 Å². The van der Waals surface area contributed by atoms with Gasteiger partial charge in [-0.3, -0.25) is 4.90 Å². The second-order valence-corrected chi connectivity index (χ2v) is 3.68. The van der Waals surface area contributed by atoms with Gasteiger partial charge in [0.1, 0.15) is 5.76 Å². The minimum atomic E-state index is -0.109. The summed E-state index contributed by atoms with van der Waals surface area (Å²) in [5.41, 5.74) is 0. The van der Waals surface area contributed by atoms with Crippen LogP contribution < -0.4 is 5.32 Å². The Balaban J connectivity index is 1.52. The molecule has 0 spiro atoms. The normalized spacial score (nSPS) is 18.4. The van der Waals surface area contributed by atoms with Crippen molar-refractivity contribution in [1.82, 2.24) is 10.2 Å². The summed E-state index contributed by atoms with van der Waals surface area (Å²) in [4.78, 5) is 2.17. The quantitative estimate of drug-likeness (QED) is 0.653. The highest BCUT2D eigenvalue weighted by Gasteiger charge is 2.22. The van der Waals surface area contributed by atoms with Crippen molar-refractivity contribution in [2.24, 2.45) is 0 Å². The fraction of sp³-hybridized carbons (Fsp3) is 0.600. The smallest absolute Gasteiger partial charge is 0.105 e. The van der Waals surface area contributed by atoms with Crippen molar-refractivity contribution < 1.29 is 9.52 Å². The van der Waals surface area contributed by atoms with Crippen LogP contribution >= 0.6 is 0 Å². The van der Waals surface area contributed by atoms with Gasteiger partial charge in [-0.15, -0.1) is 0 Å². The first-order valence-electron chi connectivity index (χ1n) is 4.98. The highest BCUT2D eigenvalue weighted by Crippen LogP contribution is 2.04. The summed E-state index contributed by atoms with van der Waals surface area (Å²) >= 11 is 0. The Morgan fingerprint density at radius 1 is 1.57 bits per heavy atom. The predicted octanol–water partition coefficient (Wildman–Crippen LogP) is 0.0457. The lowest BCUT2D eigenvalue weighted by Gasteiger charge is -2.35. The molecule has 1 saturated heterocycles. The van der Waals surface area contributed by atoms with E-state index in [2.05, 4.69) is 10.2 Å². The number of hydrogen-bond acceptors (Lipinski definition) is 4. The summed E-state index contributed by atoms with van der Waals surface area (Å²) in [6, 6.07) is 3.89. The van der Waals surface area contributed by atoms with E-state index < -0.39 is 0 Å². The topological polar surface area (TPSA) is 48.6 Å². The van der Waals surface area contributed by atoms with Gasteiger partial charge in [0.25, 0.3) is 0 Å². The zero-order valence-electron chi connectivity index (χ0n) is 8.15. The average molecular weight is 196 g/mol. The molecule has 0 radical (unpaired) electrons. The molecule has 0 bridgehead atoms.